The maximum atomic E-state index is 13.9. The Labute approximate surface area is 177 Å². The first-order valence-corrected chi connectivity index (χ1v) is 11.7. The molecule has 158 valence electrons. The van der Waals surface area contributed by atoms with Gasteiger partial charge in [-0.25, -0.2) is 18.7 Å². The molecule has 0 radical (unpaired) electrons. The largest absolute Gasteiger partial charge is 0.486 e. The molecule has 2 heterocycles. The van der Waals surface area contributed by atoms with Crippen LogP contribution in [0.15, 0.2) is 41.0 Å². The van der Waals surface area contributed by atoms with Gasteiger partial charge in [-0.05, 0) is 43.0 Å². The van der Waals surface area contributed by atoms with E-state index in [2.05, 4.69) is 28.5 Å². The number of aryl methyl sites for hydroxylation is 1. The predicted molar refractivity (Wildman–Crippen MR) is 120 cm³/mol. The standard InChI is InChI=1S/C22H25FN4O2S/c1-4-30(3)27-16-9-14(2)21-19(11-16)24-13-25-22(21)26-18-6-5-15(23)10-20(18)29-17-7-8-28-12-17/h5-6,9-11,13,17H,4,7-8,12H2,1-3H3,(H,24,25,26). The van der Waals surface area contributed by atoms with Crippen LogP contribution < -0.4 is 10.1 Å². The monoisotopic (exact) mass is 428 g/mol. The number of halogens is 1. The van der Waals surface area contributed by atoms with Crippen molar-refractivity contribution in [2.45, 2.75) is 26.4 Å². The zero-order chi connectivity index (χ0) is 21.1. The van der Waals surface area contributed by atoms with Gasteiger partial charge < -0.3 is 14.8 Å². The van der Waals surface area contributed by atoms with Crippen LogP contribution in [0.5, 0.6) is 5.75 Å². The Morgan fingerprint density at radius 2 is 2.17 bits per heavy atom. The molecule has 1 aliphatic rings. The normalized spacial score (nSPS) is 17.4. The van der Waals surface area contributed by atoms with Crippen LogP contribution in [-0.2, 0) is 15.4 Å². The highest BCUT2D eigenvalue weighted by atomic mass is 32.2. The number of anilines is 2. The summed E-state index contributed by atoms with van der Waals surface area (Å²) in [6.07, 6.45) is 4.35. The first-order chi connectivity index (χ1) is 14.5. The number of fused-ring (bicyclic) bond motifs is 1. The Kier molecular flexibility index (Phi) is 6.24. The zero-order valence-corrected chi connectivity index (χ0v) is 18.1. The summed E-state index contributed by atoms with van der Waals surface area (Å²) < 4.78 is 30.0. The van der Waals surface area contributed by atoms with Gasteiger partial charge >= 0.3 is 0 Å². The molecule has 2 aromatic carbocycles. The molecule has 0 amide bonds. The predicted octanol–water partition coefficient (Wildman–Crippen LogP) is 5.07. The summed E-state index contributed by atoms with van der Waals surface area (Å²) in [4.78, 5) is 8.88. The van der Waals surface area contributed by atoms with E-state index in [-0.39, 0.29) is 22.6 Å². The Balaban J connectivity index is 1.71. The summed E-state index contributed by atoms with van der Waals surface area (Å²) in [5, 5.41) is 4.22. The second kappa shape index (κ2) is 9.06. The van der Waals surface area contributed by atoms with Gasteiger partial charge in [0.2, 0.25) is 0 Å². The molecule has 0 aliphatic carbocycles. The Hall–Kier alpha value is -2.58. The van der Waals surface area contributed by atoms with Gasteiger partial charge in [0.1, 0.15) is 29.8 Å². The highest BCUT2D eigenvalue weighted by molar-refractivity contribution is 7.86. The lowest BCUT2D eigenvalue weighted by Gasteiger charge is -2.17. The van der Waals surface area contributed by atoms with E-state index < -0.39 is 0 Å². The smallest absolute Gasteiger partial charge is 0.146 e. The average Bonchev–Trinajstić information content (AvgIpc) is 3.23. The van der Waals surface area contributed by atoms with E-state index in [1.165, 1.54) is 18.5 Å². The van der Waals surface area contributed by atoms with Crippen LogP contribution in [0.25, 0.3) is 10.9 Å². The molecular formula is C22H25FN4O2S. The molecule has 0 bridgehead atoms. The third kappa shape index (κ3) is 4.60. The first-order valence-electron chi connectivity index (χ1n) is 9.94. The molecular weight excluding hydrogens is 403 g/mol. The number of hydrogen-bond donors (Lipinski definition) is 1. The molecule has 1 fully saturated rings. The van der Waals surface area contributed by atoms with Crippen molar-refractivity contribution in [3.63, 3.8) is 0 Å². The van der Waals surface area contributed by atoms with E-state index in [0.29, 0.717) is 30.5 Å². The fraction of sp³-hybridized carbons (Fsp3) is 0.364. The molecule has 3 aromatic rings. The van der Waals surface area contributed by atoms with Crippen molar-refractivity contribution in [2.24, 2.45) is 4.36 Å². The maximum Gasteiger partial charge on any atom is 0.146 e. The van der Waals surface area contributed by atoms with Gasteiger partial charge in [-0.1, -0.05) is 17.6 Å². The summed E-state index contributed by atoms with van der Waals surface area (Å²) in [7, 11) is -0.0204. The second-order valence-electron chi connectivity index (χ2n) is 7.23. The van der Waals surface area contributed by atoms with Crippen LogP contribution in [0, 0.1) is 12.7 Å². The number of nitrogens with zero attached hydrogens (tertiary/aromatic N) is 3. The van der Waals surface area contributed by atoms with Crippen molar-refractivity contribution in [3.8, 4) is 5.75 Å². The van der Waals surface area contributed by atoms with Gasteiger partial charge in [-0.15, -0.1) is 0 Å². The quantitative estimate of drug-likeness (QED) is 0.594. The minimum atomic E-state index is -0.352. The lowest BCUT2D eigenvalue weighted by molar-refractivity contribution is 0.141. The van der Waals surface area contributed by atoms with Crippen LogP contribution in [-0.4, -0.2) is 41.3 Å². The summed E-state index contributed by atoms with van der Waals surface area (Å²) in [6, 6.07) is 8.49. The molecule has 0 saturated carbocycles. The van der Waals surface area contributed by atoms with Gasteiger partial charge in [-0.3, -0.25) is 0 Å². The number of ether oxygens (including phenoxy) is 2. The topological polar surface area (TPSA) is 68.6 Å². The van der Waals surface area contributed by atoms with E-state index in [4.69, 9.17) is 13.8 Å². The first kappa shape index (κ1) is 20.7. The fourth-order valence-electron chi connectivity index (χ4n) is 3.38. The van der Waals surface area contributed by atoms with Gasteiger partial charge in [-0.2, -0.15) is 0 Å². The molecule has 2 unspecified atom stereocenters. The molecule has 8 heteroatoms. The van der Waals surface area contributed by atoms with Crippen LogP contribution >= 0.6 is 0 Å². The summed E-state index contributed by atoms with van der Waals surface area (Å²) in [5.74, 6) is 1.75. The molecule has 6 nitrogen and oxygen atoms in total. The summed E-state index contributed by atoms with van der Waals surface area (Å²) >= 11 is 0. The third-order valence-corrected chi connectivity index (χ3v) is 6.34. The van der Waals surface area contributed by atoms with E-state index in [1.807, 2.05) is 19.1 Å². The highest BCUT2D eigenvalue weighted by Gasteiger charge is 2.20. The van der Waals surface area contributed by atoms with Crippen LogP contribution in [0.2, 0.25) is 0 Å². The molecule has 1 saturated heterocycles. The van der Waals surface area contributed by atoms with Gasteiger partial charge in [0, 0.05) is 23.6 Å². The second-order valence-corrected chi connectivity index (χ2v) is 9.19. The maximum absolute atomic E-state index is 13.9. The molecule has 30 heavy (non-hydrogen) atoms. The van der Waals surface area contributed by atoms with Crippen LogP contribution in [0.1, 0.15) is 18.9 Å². The van der Waals surface area contributed by atoms with Gasteiger partial charge in [0.15, 0.2) is 0 Å². The van der Waals surface area contributed by atoms with E-state index in [9.17, 15) is 4.39 Å². The zero-order valence-electron chi connectivity index (χ0n) is 17.3. The van der Waals surface area contributed by atoms with Crippen molar-refractivity contribution in [1.29, 1.82) is 0 Å². The van der Waals surface area contributed by atoms with Crippen LogP contribution in [0.4, 0.5) is 21.6 Å². The molecule has 1 aromatic heterocycles. The van der Waals surface area contributed by atoms with E-state index >= 15 is 0 Å². The van der Waals surface area contributed by atoms with Crippen molar-refractivity contribution >= 4 is 38.8 Å². The van der Waals surface area contributed by atoms with Gasteiger partial charge in [0.25, 0.3) is 0 Å². The summed E-state index contributed by atoms with van der Waals surface area (Å²) in [6.45, 7) is 5.32. The van der Waals surface area contributed by atoms with E-state index in [0.717, 1.165) is 34.3 Å². The number of rotatable bonds is 6. The van der Waals surface area contributed by atoms with Crippen molar-refractivity contribution in [2.75, 3.05) is 30.5 Å². The van der Waals surface area contributed by atoms with Crippen molar-refractivity contribution < 1.29 is 13.9 Å². The fourth-order valence-corrected chi connectivity index (χ4v) is 3.97. The molecule has 1 aliphatic heterocycles. The van der Waals surface area contributed by atoms with E-state index in [1.54, 1.807) is 6.07 Å². The minimum Gasteiger partial charge on any atom is -0.486 e. The average molecular weight is 429 g/mol. The lowest BCUT2D eigenvalue weighted by Crippen LogP contribution is -2.16. The molecule has 2 atom stereocenters. The third-order valence-electron chi connectivity index (χ3n) is 4.98. The van der Waals surface area contributed by atoms with Crippen molar-refractivity contribution in [1.82, 2.24) is 9.97 Å². The number of nitrogens with one attached hydrogen (secondary N) is 1. The van der Waals surface area contributed by atoms with Gasteiger partial charge in [0.05, 0.1) is 30.1 Å². The molecule has 4 rings (SSSR count). The Bertz CT molecular complexity index is 1100. The van der Waals surface area contributed by atoms with Crippen LogP contribution in [0.3, 0.4) is 0 Å². The SMILES string of the molecule is CC/S(C)=N/c1cc(C)c2c(Nc3ccc(F)cc3OC3CCOC3)ncnc2c1. The number of benzene rings is 2. The highest BCUT2D eigenvalue weighted by Crippen LogP contribution is 2.34. The molecule has 1 N–H and O–H groups in total. The molecule has 0 spiro atoms. The Morgan fingerprint density at radius 3 is 2.93 bits per heavy atom. The lowest BCUT2D eigenvalue weighted by atomic mass is 10.1. The Morgan fingerprint density at radius 1 is 1.30 bits per heavy atom. The minimum absolute atomic E-state index is 0.0204. The summed E-state index contributed by atoms with van der Waals surface area (Å²) in [5.41, 5.74) is 3.41. The number of hydrogen-bond acceptors (Lipinski definition) is 6. The number of aromatic nitrogens is 2. The van der Waals surface area contributed by atoms with Crippen molar-refractivity contribution in [3.05, 3.63) is 48.0 Å².